The normalized spacial score (nSPS) is 17.3. The Kier molecular flexibility index (Phi) is 5.55. The van der Waals surface area contributed by atoms with E-state index in [0.717, 1.165) is 26.2 Å². The van der Waals surface area contributed by atoms with Gasteiger partial charge >= 0.3 is 0 Å². The van der Waals surface area contributed by atoms with Gasteiger partial charge in [0.15, 0.2) is 0 Å². The van der Waals surface area contributed by atoms with Crippen molar-refractivity contribution < 1.29 is 9.59 Å². The summed E-state index contributed by atoms with van der Waals surface area (Å²) in [4.78, 5) is 25.4. The number of carbonyl (C=O) groups excluding carboxylic acids is 2. The molecule has 104 valence electrons. The number of nitrogens with one attached hydrogen (secondary N) is 3. The van der Waals surface area contributed by atoms with Gasteiger partial charge in [0.1, 0.15) is 0 Å². The van der Waals surface area contributed by atoms with Gasteiger partial charge in [-0.1, -0.05) is 0 Å². The molecule has 2 amide bonds. The third kappa shape index (κ3) is 3.96. The molecular formula is C12H24N4O2. The zero-order valence-electron chi connectivity index (χ0n) is 11.5. The zero-order valence-corrected chi connectivity index (χ0v) is 11.5. The van der Waals surface area contributed by atoms with Crippen molar-refractivity contribution in [2.45, 2.75) is 25.8 Å². The van der Waals surface area contributed by atoms with Crippen LogP contribution >= 0.6 is 0 Å². The van der Waals surface area contributed by atoms with Crippen LogP contribution in [0.1, 0.15) is 20.3 Å². The van der Waals surface area contributed by atoms with Crippen molar-refractivity contribution in [1.82, 2.24) is 20.9 Å². The van der Waals surface area contributed by atoms with E-state index in [-0.39, 0.29) is 11.8 Å². The molecule has 1 aliphatic rings. The number of hydrogen-bond acceptors (Lipinski definition) is 4. The van der Waals surface area contributed by atoms with Gasteiger partial charge in [0.05, 0.1) is 5.54 Å². The molecule has 0 aliphatic carbocycles. The summed E-state index contributed by atoms with van der Waals surface area (Å²) in [6.45, 7) is 7.80. The summed E-state index contributed by atoms with van der Waals surface area (Å²) in [7, 11) is 1.59. The van der Waals surface area contributed by atoms with E-state index in [9.17, 15) is 9.59 Å². The van der Waals surface area contributed by atoms with Crippen LogP contribution in [0.25, 0.3) is 0 Å². The number of amides is 2. The van der Waals surface area contributed by atoms with Crippen molar-refractivity contribution >= 4 is 11.8 Å². The molecule has 3 N–H and O–H groups in total. The molecule has 1 rings (SSSR count). The average Bonchev–Trinajstić information content (AvgIpc) is 2.39. The van der Waals surface area contributed by atoms with E-state index >= 15 is 0 Å². The second kappa shape index (κ2) is 6.70. The Morgan fingerprint density at radius 2 is 1.89 bits per heavy atom. The summed E-state index contributed by atoms with van der Waals surface area (Å²) in [6, 6.07) is 0. The maximum Gasteiger partial charge on any atom is 0.239 e. The topological polar surface area (TPSA) is 73.5 Å². The molecule has 0 spiro atoms. The van der Waals surface area contributed by atoms with E-state index in [0.29, 0.717) is 13.0 Å². The van der Waals surface area contributed by atoms with Gasteiger partial charge in [0, 0.05) is 46.2 Å². The third-order valence-electron chi connectivity index (χ3n) is 3.38. The van der Waals surface area contributed by atoms with E-state index in [2.05, 4.69) is 20.9 Å². The van der Waals surface area contributed by atoms with Gasteiger partial charge in [-0.3, -0.25) is 14.5 Å². The summed E-state index contributed by atoms with van der Waals surface area (Å²) < 4.78 is 0. The SMILES string of the molecule is CNC(=O)CCNC(=O)C(C)(C)N1CCNCC1. The highest BCUT2D eigenvalue weighted by Crippen LogP contribution is 2.15. The number of rotatable bonds is 5. The molecule has 6 nitrogen and oxygen atoms in total. The summed E-state index contributed by atoms with van der Waals surface area (Å²) in [5.74, 6) is -0.0800. The van der Waals surface area contributed by atoms with E-state index in [4.69, 9.17) is 0 Å². The van der Waals surface area contributed by atoms with Gasteiger partial charge in [-0.15, -0.1) is 0 Å². The van der Waals surface area contributed by atoms with Crippen molar-refractivity contribution in [3.8, 4) is 0 Å². The van der Waals surface area contributed by atoms with Crippen molar-refractivity contribution in [1.29, 1.82) is 0 Å². The van der Waals surface area contributed by atoms with Crippen LogP contribution < -0.4 is 16.0 Å². The van der Waals surface area contributed by atoms with Gasteiger partial charge in [0.25, 0.3) is 0 Å². The number of hydrogen-bond donors (Lipinski definition) is 3. The first kappa shape index (κ1) is 14.9. The number of nitrogens with zero attached hydrogens (tertiary/aromatic N) is 1. The summed E-state index contributed by atoms with van der Waals surface area (Å²) in [6.07, 6.45) is 0.319. The van der Waals surface area contributed by atoms with Crippen LogP contribution in [0.3, 0.4) is 0 Å². The lowest BCUT2D eigenvalue weighted by Gasteiger charge is -2.39. The lowest BCUT2D eigenvalue weighted by atomic mass is 10.0. The van der Waals surface area contributed by atoms with Gasteiger partial charge in [-0.05, 0) is 13.8 Å². The van der Waals surface area contributed by atoms with Crippen LogP contribution in [0.5, 0.6) is 0 Å². The Morgan fingerprint density at radius 1 is 1.28 bits per heavy atom. The molecule has 0 aromatic heterocycles. The highest BCUT2D eigenvalue weighted by Gasteiger charge is 2.34. The molecule has 0 aromatic carbocycles. The molecule has 1 aliphatic heterocycles. The molecule has 0 bridgehead atoms. The third-order valence-corrected chi connectivity index (χ3v) is 3.38. The van der Waals surface area contributed by atoms with Gasteiger partial charge in [-0.2, -0.15) is 0 Å². The second-order valence-corrected chi connectivity index (χ2v) is 4.98. The van der Waals surface area contributed by atoms with Crippen LogP contribution in [0.15, 0.2) is 0 Å². The Morgan fingerprint density at radius 3 is 2.44 bits per heavy atom. The molecule has 1 heterocycles. The Balaban J connectivity index is 2.40. The Hall–Kier alpha value is -1.14. The highest BCUT2D eigenvalue weighted by atomic mass is 16.2. The standard InChI is InChI=1S/C12H24N4O2/c1-12(2,16-8-6-14-7-9-16)11(18)15-5-4-10(17)13-3/h14H,4-9H2,1-3H3,(H,13,17)(H,15,18). The first-order valence-corrected chi connectivity index (χ1v) is 6.43. The second-order valence-electron chi connectivity index (χ2n) is 4.98. The van der Waals surface area contributed by atoms with Crippen LogP contribution in [0.2, 0.25) is 0 Å². The largest absolute Gasteiger partial charge is 0.359 e. The molecule has 0 unspecified atom stereocenters. The minimum atomic E-state index is -0.523. The summed E-state index contributed by atoms with van der Waals surface area (Å²) in [5.41, 5.74) is -0.523. The minimum Gasteiger partial charge on any atom is -0.359 e. The molecule has 1 fully saturated rings. The molecular weight excluding hydrogens is 232 g/mol. The van der Waals surface area contributed by atoms with Crippen molar-refractivity contribution in [3.05, 3.63) is 0 Å². The molecule has 6 heteroatoms. The van der Waals surface area contributed by atoms with Crippen LogP contribution in [0, 0.1) is 0 Å². The van der Waals surface area contributed by atoms with Gasteiger partial charge in [-0.25, -0.2) is 0 Å². The zero-order chi connectivity index (χ0) is 13.6. The van der Waals surface area contributed by atoms with E-state index in [1.165, 1.54) is 0 Å². The van der Waals surface area contributed by atoms with Crippen LogP contribution in [0.4, 0.5) is 0 Å². The molecule has 0 saturated carbocycles. The minimum absolute atomic E-state index is 0.0201. The number of carbonyl (C=O) groups is 2. The summed E-state index contributed by atoms with van der Waals surface area (Å²) >= 11 is 0. The van der Waals surface area contributed by atoms with E-state index in [1.807, 2.05) is 13.8 Å². The highest BCUT2D eigenvalue weighted by molar-refractivity contribution is 5.86. The predicted octanol–water partition coefficient (Wildman–Crippen LogP) is -1.08. The molecule has 18 heavy (non-hydrogen) atoms. The van der Waals surface area contributed by atoms with Gasteiger partial charge in [0.2, 0.25) is 11.8 Å². The Labute approximate surface area is 108 Å². The molecule has 0 aromatic rings. The van der Waals surface area contributed by atoms with Gasteiger partial charge < -0.3 is 16.0 Å². The monoisotopic (exact) mass is 256 g/mol. The molecule has 1 saturated heterocycles. The van der Waals surface area contributed by atoms with E-state index < -0.39 is 5.54 Å². The van der Waals surface area contributed by atoms with Crippen LogP contribution in [-0.4, -0.2) is 62.0 Å². The lowest BCUT2D eigenvalue weighted by molar-refractivity contribution is -0.132. The first-order valence-electron chi connectivity index (χ1n) is 6.43. The van der Waals surface area contributed by atoms with E-state index in [1.54, 1.807) is 7.05 Å². The molecule has 0 atom stereocenters. The number of piperazine rings is 1. The molecule has 0 radical (unpaired) electrons. The van der Waals surface area contributed by atoms with Crippen molar-refractivity contribution in [2.75, 3.05) is 39.8 Å². The van der Waals surface area contributed by atoms with Crippen LogP contribution in [-0.2, 0) is 9.59 Å². The predicted molar refractivity (Wildman–Crippen MR) is 70.2 cm³/mol. The smallest absolute Gasteiger partial charge is 0.239 e. The fourth-order valence-corrected chi connectivity index (χ4v) is 2.00. The fraction of sp³-hybridized carbons (Fsp3) is 0.833. The van der Waals surface area contributed by atoms with Crippen molar-refractivity contribution in [2.24, 2.45) is 0 Å². The fourth-order valence-electron chi connectivity index (χ4n) is 2.00. The maximum absolute atomic E-state index is 12.1. The maximum atomic E-state index is 12.1. The lowest BCUT2D eigenvalue weighted by Crippen LogP contribution is -2.60. The van der Waals surface area contributed by atoms with Crippen molar-refractivity contribution in [3.63, 3.8) is 0 Å². The quantitative estimate of drug-likeness (QED) is 0.585. The summed E-state index contributed by atoms with van der Waals surface area (Å²) in [5, 5.41) is 8.62. The average molecular weight is 256 g/mol. The Bertz CT molecular complexity index is 298. The first-order chi connectivity index (χ1) is 8.48.